The van der Waals surface area contributed by atoms with Crippen LogP contribution in [0, 0.1) is 6.92 Å². The van der Waals surface area contributed by atoms with Crippen LogP contribution in [-0.2, 0) is 14.8 Å². The first-order chi connectivity index (χ1) is 21.3. The van der Waals surface area contributed by atoms with Gasteiger partial charge in [-0.2, -0.15) is 14.5 Å². The number of nitrogens with zero attached hydrogens (tertiary/aromatic N) is 5. The second kappa shape index (κ2) is 14.4. The standard InChI is InChI=1S/C29H30N6O7S3/c1-16-11-23(33-34-28-26(44)13-18-12-20(43)14-24(30-17(2)38)27(18)29(28)40)25(39)15-22(16)32-31-19-3-5-21(6-4-19)45(41,42)35(7-9-36)8-10-37/h3-6,11-15,36-37,39-40,43-44H,7-10H2,1-2H3,(H,30,38). The van der Waals surface area contributed by atoms with Crippen molar-refractivity contribution in [3.8, 4) is 11.5 Å². The number of hydrogen-bond donors (Lipinski definition) is 7. The first-order valence-corrected chi connectivity index (χ1v) is 15.7. The number of carbonyl (C=O) groups excluding carboxylic acids is 1. The molecule has 0 saturated carbocycles. The van der Waals surface area contributed by atoms with Gasteiger partial charge in [0.15, 0.2) is 5.75 Å². The lowest BCUT2D eigenvalue weighted by Gasteiger charge is -2.20. The number of carbonyl (C=O) groups is 1. The van der Waals surface area contributed by atoms with E-state index in [2.05, 4.69) is 51.0 Å². The van der Waals surface area contributed by atoms with Crippen LogP contribution in [-0.4, -0.2) is 65.4 Å². The second-order valence-electron chi connectivity index (χ2n) is 9.74. The molecule has 4 aromatic rings. The Labute approximate surface area is 269 Å². The zero-order valence-electron chi connectivity index (χ0n) is 24.1. The van der Waals surface area contributed by atoms with Gasteiger partial charge in [-0.1, -0.05) is 0 Å². The van der Waals surface area contributed by atoms with Gasteiger partial charge in [0.1, 0.15) is 17.1 Å². The fourth-order valence-corrected chi connectivity index (χ4v) is 6.33. The second-order valence-corrected chi connectivity index (χ2v) is 12.7. The van der Waals surface area contributed by atoms with Gasteiger partial charge in [-0.05, 0) is 66.4 Å². The molecule has 0 fully saturated rings. The fraction of sp³-hybridized carbons (Fsp3) is 0.207. The van der Waals surface area contributed by atoms with E-state index >= 15 is 0 Å². The van der Waals surface area contributed by atoms with Gasteiger partial charge in [0.2, 0.25) is 15.9 Å². The number of aryl methyl sites for hydroxylation is 1. The Hall–Kier alpha value is -4.06. The Morgan fingerprint density at radius 2 is 1.53 bits per heavy atom. The SMILES string of the molecule is CC(=O)Nc1cc(S)cc2cc(S)c(N=Nc3cc(C)c(N=Nc4ccc(S(=O)(=O)N(CCO)CCO)cc4)cc3O)c(O)c12. The molecule has 13 nitrogen and oxygen atoms in total. The molecule has 4 aromatic carbocycles. The fourth-order valence-electron chi connectivity index (χ4n) is 4.35. The van der Waals surface area contributed by atoms with Crippen molar-refractivity contribution in [2.45, 2.75) is 28.5 Å². The van der Waals surface area contributed by atoms with E-state index < -0.39 is 23.2 Å². The molecular weight excluding hydrogens is 641 g/mol. The number of benzene rings is 4. The number of sulfonamides is 1. The molecule has 0 aliphatic rings. The lowest BCUT2D eigenvalue weighted by atomic mass is 10.1. The Bertz CT molecular complexity index is 1910. The molecule has 45 heavy (non-hydrogen) atoms. The number of hydrogen-bond acceptors (Lipinski definition) is 13. The van der Waals surface area contributed by atoms with Crippen LogP contribution in [0.3, 0.4) is 0 Å². The van der Waals surface area contributed by atoms with Crippen molar-refractivity contribution in [1.29, 1.82) is 0 Å². The minimum Gasteiger partial charge on any atom is -0.506 e. The first kappa shape index (κ1) is 33.8. The van der Waals surface area contributed by atoms with Crippen molar-refractivity contribution < 1.29 is 33.6 Å². The number of anilines is 1. The summed E-state index contributed by atoms with van der Waals surface area (Å²) in [5, 5.41) is 60.1. The third kappa shape index (κ3) is 7.78. The van der Waals surface area contributed by atoms with E-state index in [0.29, 0.717) is 43.2 Å². The Kier molecular flexibility index (Phi) is 10.8. The van der Waals surface area contributed by atoms with Crippen LogP contribution in [0.25, 0.3) is 10.8 Å². The number of amides is 1. The Balaban J connectivity index is 1.59. The van der Waals surface area contributed by atoms with Crippen LogP contribution in [0.2, 0.25) is 0 Å². The third-order valence-corrected chi connectivity index (χ3v) is 8.97. The zero-order chi connectivity index (χ0) is 32.9. The Morgan fingerprint density at radius 3 is 2.16 bits per heavy atom. The van der Waals surface area contributed by atoms with Crippen molar-refractivity contribution in [3.63, 3.8) is 0 Å². The maximum absolute atomic E-state index is 12.8. The van der Waals surface area contributed by atoms with Crippen molar-refractivity contribution in [2.75, 3.05) is 31.6 Å². The van der Waals surface area contributed by atoms with Gasteiger partial charge in [0, 0.05) is 41.3 Å². The highest BCUT2D eigenvalue weighted by atomic mass is 32.2. The summed E-state index contributed by atoms with van der Waals surface area (Å²) in [6.45, 7) is 1.97. The summed E-state index contributed by atoms with van der Waals surface area (Å²) in [6, 6.07) is 13.4. The molecule has 16 heteroatoms. The van der Waals surface area contributed by atoms with Crippen molar-refractivity contribution >= 4 is 80.4 Å². The van der Waals surface area contributed by atoms with E-state index in [1.165, 1.54) is 43.3 Å². The van der Waals surface area contributed by atoms with Gasteiger partial charge in [-0.15, -0.1) is 35.5 Å². The minimum absolute atomic E-state index is 0.0199. The van der Waals surface area contributed by atoms with E-state index in [4.69, 9.17) is 10.2 Å². The number of aliphatic hydroxyl groups excluding tert-OH is 2. The molecule has 0 saturated heterocycles. The van der Waals surface area contributed by atoms with Gasteiger partial charge in [-0.25, -0.2) is 8.42 Å². The number of azo groups is 2. The molecule has 0 radical (unpaired) electrons. The molecule has 1 amide bonds. The predicted octanol–water partition coefficient (Wildman–Crippen LogP) is 5.90. The van der Waals surface area contributed by atoms with E-state index in [1.54, 1.807) is 25.1 Å². The number of fused-ring (bicyclic) bond motifs is 1. The summed E-state index contributed by atoms with van der Waals surface area (Å²) in [4.78, 5) is 12.6. The lowest BCUT2D eigenvalue weighted by Crippen LogP contribution is -2.35. The van der Waals surface area contributed by atoms with Crippen LogP contribution in [0.4, 0.5) is 28.4 Å². The number of rotatable bonds is 11. The van der Waals surface area contributed by atoms with Crippen molar-refractivity contribution in [2.24, 2.45) is 20.5 Å². The largest absolute Gasteiger partial charge is 0.506 e. The molecule has 0 bridgehead atoms. The number of phenols is 2. The van der Waals surface area contributed by atoms with Gasteiger partial charge < -0.3 is 25.7 Å². The first-order valence-electron chi connectivity index (χ1n) is 13.3. The van der Waals surface area contributed by atoms with E-state index in [9.17, 15) is 23.4 Å². The smallest absolute Gasteiger partial charge is 0.243 e. The highest BCUT2D eigenvalue weighted by Gasteiger charge is 2.23. The predicted molar refractivity (Wildman–Crippen MR) is 175 cm³/mol. The third-order valence-electron chi connectivity index (χ3n) is 6.46. The topological polar surface area (TPSA) is 197 Å². The van der Waals surface area contributed by atoms with E-state index in [1.807, 2.05) is 0 Å². The zero-order valence-corrected chi connectivity index (χ0v) is 26.7. The number of aliphatic hydroxyl groups is 2. The molecule has 0 spiro atoms. The number of nitrogens with one attached hydrogen (secondary N) is 1. The summed E-state index contributed by atoms with van der Waals surface area (Å²) in [7, 11) is -3.93. The summed E-state index contributed by atoms with van der Waals surface area (Å²) >= 11 is 8.79. The summed E-state index contributed by atoms with van der Waals surface area (Å²) in [6.07, 6.45) is 0. The molecule has 5 N–H and O–H groups in total. The number of aromatic hydroxyl groups is 2. The average molecular weight is 671 g/mol. The van der Waals surface area contributed by atoms with Gasteiger partial charge in [0.05, 0.1) is 35.2 Å². The summed E-state index contributed by atoms with van der Waals surface area (Å²) in [5.41, 5.74) is 1.66. The van der Waals surface area contributed by atoms with Crippen LogP contribution in [0.5, 0.6) is 11.5 Å². The van der Waals surface area contributed by atoms with Crippen molar-refractivity contribution in [3.05, 3.63) is 60.2 Å². The maximum Gasteiger partial charge on any atom is 0.243 e. The minimum atomic E-state index is -3.93. The molecule has 0 atom stereocenters. The quantitative estimate of drug-likeness (QED) is 0.0761. The molecule has 4 rings (SSSR count). The Morgan fingerprint density at radius 1 is 0.889 bits per heavy atom. The molecular formula is C29H30N6O7S3. The van der Waals surface area contributed by atoms with E-state index in [-0.39, 0.29) is 46.8 Å². The van der Waals surface area contributed by atoms with E-state index in [0.717, 1.165) is 4.31 Å². The van der Waals surface area contributed by atoms with Crippen LogP contribution >= 0.6 is 25.3 Å². The van der Waals surface area contributed by atoms with Gasteiger partial charge >= 0.3 is 0 Å². The average Bonchev–Trinajstić information content (AvgIpc) is 2.97. The molecule has 0 aliphatic carbocycles. The molecule has 236 valence electrons. The monoisotopic (exact) mass is 670 g/mol. The normalized spacial score (nSPS) is 12.2. The summed E-state index contributed by atoms with van der Waals surface area (Å²) in [5.74, 6) is -0.879. The summed E-state index contributed by atoms with van der Waals surface area (Å²) < 4.78 is 26.6. The lowest BCUT2D eigenvalue weighted by molar-refractivity contribution is -0.114. The molecule has 0 aromatic heterocycles. The molecule has 0 aliphatic heterocycles. The highest BCUT2D eigenvalue weighted by Crippen LogP contribution is 2.45. The van der Waals surface area contributed by atoms with Crippen LogP contribution < -0.4 is 5.32 Å². The number of thiol groups is 2. The molecule has 0 heterocycles. The molecule has 0 unspecified atom stereocenters. The van der Waals surface area contributed by atoms with Crippen LogP contribution in [0.15, 0.2) is 89.7 Å². The van der Waals surface area contributed by atoms with Crippen molar-refractivity contribution in [1.82, 2.24) is 4.31 Å². The number of phenolic OH excluding ortho intramolecular Hbond substituents is 2. The van der Waals surface area contributed by atoms with Gasteiger partial charge in [0.25, 0.3) is 0 Å². The highest BCUT2D eigenvalue weighted by molar-refractivity contribution is 7.89. The maximum atomic E-state index is 12.8. The van der Waals surface area contributed by atoms with Gasteiger partial charge in [-0.3, -0.25) is 4.79 Å². The van der Waals surface area contributed by atoms with Crippen LogP contribution in [0.1, 0.15) is 12.5 Å².